The van der Waals surface area contributed by atoms with Crippen molar-refractivity contribution >= 4 is 28.9 Å². The lowest BCUT2D eigenvalue weighted by atomic mass is 9.99. The lowest BCUT2D eigenvalue weighted by Gasteiger charge is -2.28. The summed E-state index contributed by atoms with van der Waals surface area (Å²) >= 11 is 0. The van der Waals surface area contributed by atoms with Crippen LogP contribution in [0, 0.1) is 5.92 Å². The van der Waals surface area contributed by atoms with Crippen LogP contribution >= 0.6 is 0 Å². The molecule has 1 N–H and O–H groups in total. The number of pyridine rings is 2. The number of ether oxygens (including phenoxy) is 5. The standard InChI is InChI=1S/C29H29N3O9/c1-13(2)22(31-28(36)41-29(3,4)5)26(34)40-24-16-8-19-23-15(10-32(19)25(33)17(16)11-37-27(24)35)6-14-7-20-21(39-12-38-20)9-18(14)30-23/h6-9,13,22,24H,10-12H2,1-5H3,(H,31,36). The van der Waals surface area contributed by atoms with E-state index in [1.54, 1.807) is 51.3 Å². The Hall–Kier alpha value is -4.61. The number of nitrogens with zero attached hydrogens (tertiary/aromatic N) is 2. The maximum Gasteiger partial charge on any atom is 0.408 e. The van der Waals surface area contributed by atoms with Crippen LogP contribution in [-0.4, -0.2) is 46.0 Å². The number of carbonyl (C=O) groups is 3. The summed E-state index contributed by atoms with van der Waals surface area (Å²) in [4.78, 5) is 56.9. The zero-order valence-electron chi connectivity index (χ0n) is 23.2. The molecule has 0 bridgehead atoms. The third kappa shape index (κ3) is 4.72. The van der Waals surface area contributed by atoms with Crippen LogP contribution in [0.1, 0.15) is 57.4 Å². The van der Waals surface area contributed by atoms with E-state index in [9.17, 15) is 19.2 Å². The Morgan fingerprint density at radius 1 is 1.07 bits per heavy atom. The SMILES string of the molecule is CC(C)C(NC(=O)OC(C)(C)C)C(=O)OC1C(=O)OCc2c1cc1n(c2=O)Cc2cc3cc4c(cc3nc2-1)OCO4. The van der Waals surface area contributed by atoms with Gasteiger partial charge in [-0.05, 0) is 44.9 Å². The van der Waals surface area contributed by atoms with E-state index in [1.807, 2.05) is 12.1 Å². The molecule has 0 saturated carbocycles. The zero-order chi connectivity index (χ0) is 29.2. The van der Waals surface area contributed by atoms with E-state index in [-0.39, 0.29) is 42.5 Å². The van der Waals surface area contributed by atoms with E-state index in [1.165, 1.54) is 0 Å². The number of hydrogen-bond donors (Lipinski definition) is 1. The molecule has 214 valence electrons. The molecule has 1 aromatic carbocycles. The van der Waals surface area contributed by atoms with Gasteiger partial charge in [-0.15, -0.1) is 0 Å². The predicted molar refractivity (Wildman–Crippen MR) is 143 cm³/mol. The number of carbonyl (C=O) groups excluding carboxylic acids is 3. The Balaban J connectivity index is 1.35. The first kappa shape index (κ1) is 26.6. The van der Waals surface area contributed by atoms with Crippen molar-refractivity contribution in [3.63, 3.8) is 0 Å². The lowest BCUT2D eigenvalue weighted by Crippen LogP contribution is -2.48. The number of fused-ring (bicyclic) bond motifs is 6. The Morgan fingerprint density at radius 3 is 2.51 bits per heavy atom. The van der Waals surface area contributed by atoms with Gasteiger partial charge in [-0.25, -0.2) is 19.4 Å². The van der Waals surface area contributed by atoms with Crippen LogP contribution in [0.4, 0.5) is 4.79 Å². The largest absolute Gasteiger partial charge is 0.458 e. The molecule has 0 radical (unpaired) electrons. The molecule has 2 atom stereocenters. The van der Waals surface area contributed by atoms with Crippen LogP contribution in [0.5, 0.6) is 11.5 Å². The molecule has 0 saturated heterocycles. The topological polar surface area (TPSA) is 144 Å². The molecule has 1 amide bonds. The highest BCUT2D eigenvalue weighted by Crippen LogP contribution is 2.40. The van der Waals surface area contributed by atoms with Gasteiger partial charge in [-0.1, -0.05) is 13.8 Å². The predicted octanol–water partition coefficient (Wildman–Crippen LogP) is 3.34. The molecular weight excluding hydrogens is 534 g/mol. The number of rotatable bonds is 4. The number of hydrogen-bond acceptors (Lipinski definition) is 10. The van der Waals surface area contributed by atoms with Crippen LogP contribution in [0.25, 0.3) is 22.3 Å². The Bertz CT molecular complexity index is 1690. The normalized spacial score (nSPS) is 17.4. The first-order valence-electron chi connectivity index (χ1n) is 13.3. The van der Waals surface area contributed by atoms with E-state index in [2.05, 4.69) is 5.32 Å². The average Bonchev–Trinajstić information content (AvgIpc) is 3.49. The van der Waals surface area contributed by atoms with Gasteiger partial charge < -0.3 is 33.6 Å². The summed E-state index contributed by atoms with van der Waals surface area (Å²) in [5, 5.41) is 3.35. The molecule has 6 rings (SSSR count). The van der Waals surface area contributed by atoms with Crippen molar-refractivity contribution in [3.8, 4) is 22.9 Å². The van der Waals surface area contributed by atoms with E-state index < -0.39 is 35.8 Å². The molecule has 0 spiro atoms. The number of esters is 2. The molecule has 5 heterocycles. The van der Waals surface area contributed by atoms with Gasteiger partial charge >= 0.3 is 18.0 Å². The monoisotopic (exact) mass is 563 g/mol. The van der Waals surface area contributed by atoms with Gasteiger partial charge in [0.2, 0.25) is 12.9 Å². The third-order valence-electron chi connectivity index (χ3n) is 7.08. The molecule has 3 aliphatic heterocycles. The van der Waals surface area contributed by atoms with Crippen molar-refractivity contribution in [1.29, 1.82) is 0 Å². The molecule has 2 aromatic heterocycles. The minimum atomic E-state index is -1.50. The van der Waals surface area contributed by atoms with Crippen LogP contribution < -0.4 is 20.3 Å². The van der Waals surface area contributed by atoms with Crippen molar-refractivity contribution in [3.05, 3.63) is 51.3 Å². The second kappa shape index (κ2) is 9.50. The Morgan fingerprint density at radius 2 is 1.80 bits per heavy atom. The highest BCUT2D eigenvalue weighted by atomic mass is 16.7. The van der Waals surface area contributed by atoms with Gasteiger partial charge in [-0.3, -0.25) is 4.79 Å². The van der Waals surface area contributed by atoms with E-state index in [4.69, 9.17) is 28.7 Å². The molecule has 3 aliphatic rings. The summed E-state index contributed by atoms with van der Waals surface area (Å²) in [5.41, 5.74) is 1.84. The van der Waals surface area contributed by atoms with Gasteiger partial charge in [-0.2, -0.15) is 0 Å². The Labute approximate surface area is 234 Å². The summed E-state index contributed by atoms with van der Waals surface area (Å²) in [5.74, 6) is -0.849. The highest BCUT2D eigenvalue weighted by Gasteiger charge is 2.40. The molecule has 2 unspecified atom stereocenters. The summed E-state index contributed by atoms with van der Waals surface area (Å²) < 4.78 is 28.7. The minimum absolute atomic E-state index is 0.136. The second-order valence-corrected chi connectivity index (χ2v) is 11.5. The van der Waals surface area contributed by atoms with E-state index in [0.29, 0.717) is 28.4 Å². The van der Waals surface area contributed by atoms with Crippen molar-refractivity contribution in [1.82, 2.24) is 14.9 Å². The molecule has 0 fully saturated rings. The summed E-state index contributed by atoms with van der Waals surface area (Å²) in [6, 6.07) is 6.11. The smallest absolute Gasteiger partial charge is 0.408 e. The molecule has 12 heteroatoms. The minimum Gasteiger partial charge on any atom is -0.458 e. The molecule has 3 aromatic rings. The maximum absolute atomic E-state index is 13.6. The summed E-state index contributed by atoms with van der Waals surface area (Å²) in [7, 11) is 0. The number of amides is 1. The fourth-order valence-corrected chi connectivity index (χ4v) is 5.14. The van der Waals surface area contributed by atoms with Gasteiger partial charge in [0, 0.05) is 22.6 Å². The number of cyclic esters (lactones) is 1. The van der Waals surface area contributed by atoms with Crippen LogP contribution in [0.2, 0.25) is 0 Å². The quantitative estimate of drug-likeness (QED) is 0.290. The van der Waals surface area contributed by atoms with Crippen LogP contribution in [0.3, 0.4) is 0 Å². The van der Waals surface area contributed by atoms with Crippen molar-refractivity contribution < 1.29 is 38.1 Å². The number of benzene rings is 1. The van der Waals surface area contributed by atoms with Gasteiger partial charge in [0.25, 0.3) is 5.56 Å². The average molecular weight is 564 g/mol. The van der Waals surface area contributed by atoms with Gasteiger partial charge in [0.05, 0.1) is 29.0 Å². The molecular formula is C29H29N3O9. The van der Waals surface area contributed by atoms with Gasteiger partial charge in [0.1, 0.15) is 18.2 Å². The Kier molecular flexibility index (Phi) is 6.16. The molecule has 0 aliphatic carbocycles. The maximum atomic E-state index is 13.6. The van der Waals surface area contributed by atoms with E-state index >= 15 is 0 Å². The van der Waals surface area contributed by atoms with Crippen LogP contribution in [-0.2, 0) is 37.0 Å². The fraction of sp³-hybridized carbons (Fsp3) is 0.414. The third-order valence-corrected chi connectivity index (χ3v) is 7.08. The first-order valence-corrected chi connectivity index (χ1v) is 13.3. The number of alkyl carbamates (subject to hydrolysis) is 1. The highest BCUT2D eigenvalue weighted by molar-refractivity contribution is 5.89. The zero-order valence-corrected chi connectivity index (χ0v) is 23.2. The molecule has 12 nitrogen and oxygen atoms in total. The lowest BCUT2D eigenvalue weighted by molar-refractivity contribution is -0.173. The second-order valence-electron chi connectivity index (χ2n) is 11.5. The summed E-state index contributed by atoms with van der Waals surface area (Å²) in [6.07, 6.45) is -2.29. The van der Waals surface area contributed by atoms with Crippen molar-refractivity contribution in [2.75, 3.05) is 6.79 Å². The van der Waals surface area contributed by atoms with Gasteiger partial charge in [0.15, 0.2) is 11.5 Å². The van der Waals surface area contributed by atoms with E-state index in [0.717, 1.165) is 10.9 Å². The van der Waals surface area contributed by atoms with Crippen molar-refractivity contribution in [2.24, 2.45) is 5.92 Å². The number of nitrogens with one attached hydrogen (secondary N) is 1. The van der Waals surface area contributed by atoms with Crippen LogP contribution in [0.15, 0.2) is 29.1 Å². The van der Waals surface area contributed by atoms with Crippen molar-refractivity contribution in [2.45, 2.75) is 65.5 Å². The summed E-state index contributed by atoms with van der Waals surface area (Å²) in [6.45, 7) is 8.70. The number of aromatic nitrogens is 2. The fourth-order valence-electron chi connectivity index (χ4n) is 5.14. The molecule has 41 heavy (non-hydrogen) atoms. The first-order chi connectivity index (χ1) is 19.4.